The van der Waals surface area contributed by atoms with Crippen LogP contribution >= 0.6 is 0 Å². The van der Waals surface area contributed by atoms with Crippen LogP contribution in [-0.4, -0.2) is 39.7 Å². The lowest BCUT2D eigenvalue weighted by Crippen LogP contribution is -2.41. The molecule has 2 aromatic carbocycles. The van der Waals surface area contributed by atoms with E-state index in [0.717, 1.165) is 31.2 Å². The van der Waals surface area contributed by atoms with Crippen LogP contribution in [0.15, 0.2) is 30.3 Å². The Morgan fingerprint density at radius 2 is 1.86 bits per heavy atom. The number of hydrogen-bond donors (Lipinski definition) is 2. The van der Waals surface area contributed by atoms with Crippen molar-refractivity contribution in [2.75, 3.05) is 23.3 Å². The number of nitrogens with one attached hydrogen (secondary N) is 1. The summed E-state index contributed by atoms with van der Waals surface area (Å²) in [7, 11) is 0. The van der Waals surface area contributed by atoms with Gasteiger partial charge < -0.3 is 15.3 Å². The summed E-state index contributed by atoms with van der Waals surface area (Å²) in [5, 5.41) is 13.8. The van der Waals surface area contributed by atoms with Gasteiger partial charge in [0.1, 0.15) is 23.1 Å². The molecule has 2 N–H and O–H groups in total. The highest BCUT2D eigenvalue weighted by molar-refractivity contribution is 6.10. The van der Waals surface area contributed by atoms with Crippen molar-refractivity contribution in [2.24, 2.45) is 0 Å². The smallest absolute Gasteiger partial charge is 0.303 e. The maximum absolute atomic E-state index is 15.0. The number of aromatic nitrogens is 2. The number of aliphatic hydroxyl groups is 1. The number of benzene rings is 2. The van der Waals surface area contributed by atoms with E-state index in [1.807, 2.05) is 32.9 Å². The molecule has 0 saturated carbocycles. The zero-order valence-corrected chi connectivity index (χ0v) is 21.3. The highest BCUT2D eigenvalue weighted by atomic mass is 19.3. The number of amides is 1. The molecule has 0 spiro atoms. The highest BCUT2D eigenvalue weighted by Crippen LogP contribution is 2.44. The third kappa shape index (κ3) is 4.09. The Hall–Kier alpha value is -3.20. The Morgan fingerprint density at radius 1 is 1.17 bits per heavy atom. The molecule has 0 unspecified atom stereocenters. The average molecular weight is 501 g/mol. The van der Waals surface area contributed by atoms with Crippen molar-refractivity contribution in [3.05, 3.63) is 58.7 Å². The molecule has 0 bridgehead atoms. The number of rotatable bonds is 7. The van der Waals surface area contributed by atoms with E-state index in [0.29, 0.717) is 29.1 Å². The lowest BCUT2D eigenvalue weighted by Gasteiger charge is -2.30. The van der Waals surface area contributed by atoms with Crippen LogP contribution in [-0.2, 0) is 22.6 Å². The number of nitrogens with zero attached hydrogens (tertiary/aromatic N) is 3. The lowest BCUT2D eigenvalue weighted by atomic mass is 9.85. The zero-order chi connectivity index (χ0) is 26.6. The number of likely N-dealkylation sites (N-methyl/N-ethyl adjacent to an activating group) is 1. The van der Waals surface area contributed by atoms with E-state index in [2.05, 4.69) is 15.3 Å². The summed E-state index contributed by atoms with van der Waals surface area (Å²) in [6.07, 6.45) is 0.115. The molecule has 6 nitrogen and oxygen atoms in total. The first-order chi connectivity index (χ1) is 16.7. The minimum absolute atomic E-state index is 0.0210. The summed E-state index contributed by atoms with van der Waals surface area (Å²) in [6.45, 7) is 10.1. The van der Waals surface area contributed by atoms with E-state index in [1.165, 1.54) is 12.1 Å². The predicted octanol–water partition coefficient (Wildman–Crippen LogP) is 5.24. The lowest BCUT2D eigenvalue weighted by molar-refractivity contribution is -0.170. The van der Waals surface area contributed by atoms with Crippen LogP contribution in [0.1, 0.15) is 57.1 Å². The van der Waals surface area contributed by atoms with E-state index in [-0.39, 0.29) is 24.4 Å². The molecule has 36 heavy (non-hydrogen) atoms. The highest BCUT2D eigenvalue weighted by Gasteiger charge is 2.49. The second-order valence-electron chi connectivity index (χ2n) is 10.3. The third-order valence-corrected chi connectivity index (χ3v) is 6.86. The molecule has 0 aliphatic carbocycles. The molecule has 4 rings (SSSR count). The normalized spacial score (nSPS) is 15.5. The second kappa shape index (κ2) is 8.73. The number of carbonyl (C=O) groups excluding carboxylic acids is 1. The molecule has 9 heteroatoms. The molecule has 0 radical (unpaired) electrons. The van der Waals surface area contributed by atoms with Crippen LogP contribution < -0.4 is 10.2 Å². The summed E-state index contributed by atoms with van der Waals surface area (Å²) in [6, 6.07) is 7.62. The summed E-state index contributed by atoms with van der Waals surface area (Å²) in [5.41, 5.74) is -1.42. The maximum Gasteiger partial charge on any atom is 0.303 e. The topological polar surface area (TPSA) is 78.4 Å². The van der Waals surface area contributed by atoms with Gasteiger partial charge in [-0.1, -0.05) is 12.1 Å². The quantitative estimate of drug-likeness (QED) is 0.464. The predicted molar refractivity (Wildman–Crippen MR) is 134 cm³/mol. The molecule has 1 aromatic heterocycles. The first-order valence-electron chi connectivity index (χ1n) is 12.0. The molecule has 1 aliphatic rings. The van der Waals surface area contributed by atoms with Crippen molar-refractivity contribution >= 4 is 28.3 Å². The number of hydrogen-bond acceptors (Lipinski definition) is 5. The molecule has 2 heterocycles. The van der Waals surface area contributed by atoms with Crippen molar-refractivity contribution in [3.8, 4) is 0 Å². The van der Waals surface area contributed by atoms with E-state index in [1.54, 1.807) is 11.8 Å². The molecule has 192 valence electrons. The molecule has 1 aliphatic heterocycles. The van der Waals surface area contributed by atoms with Crippen LogP contribution in [0.2, 0.25) is 0 Å². The summed E-state index contributed by atoms with van der Waals surface area (Å²) >= 11 is 0. The number of aryl methyl sites for hydroxylation is 1. The first-order valence-corrected chi connectivity index (χ1v) is 12.0. The fourth-order valence-corrected chi connectivity index (χ4v) is 4.68. The standard InChI is InChI=1S/C27H31F3N4O2/c1-7-34-21-13-17-20(14-19(21)25(3,4)24(34)35)32-15(2)33-23(17)31-12-11-16-9-8-10-18(22(16)28)27(29,30)26(5,6)36/h8-10,13-14,36H,7,11-12H2,1-6H3,(H,31,32,33). The van der Waals surface area contributed by atoms with Gasteiger partial charge in [-0.15, -0.1) is 0 Å². The maximum atomic E-state index is 15.0. The molecular weight excluding hydrogens is 469 g/mol. The molecule has 0 saturated heterocycles. The number of carbonyl (C=O) groups is 1. The van der Waals surface area contributed by atoms with Crippen LogP contribution in [0, 0.1) is 12.7 Å². The van der Waals surface area contributed by atoms with Crippen molar-refractivity contribution in [2.45, 2.75) is 64.9 Å². The number of anilines is 2. The van der Waals surface area contributed by atoms with Crippen molar-refractivity contribution < 1.29 is 23.1 Å². The second-order valence-corrected chi connectivity index (χ2v) is 10.3. The van der Waals surface area contributed by atoms with Gasteiger partial charge in [0.25, 0.3) is 0 Å². The Bertz CT molecular complexity index is 1350. The number of halogens is 3. The largest absolute Gasteiger partial charge is 0.384 e. The fraction of sp³-hybridized carbons (Fsp3) is 0.444. The molecule has 1 amide bonds. The molecule has 3 aromatic rings. The van der Waals surface area contributed by atoms with Gasteiger partial charge in [0, 0.05) is 24.2 Å². The molecular formula is C27H31F3N4O2. The number of fused-ring (bicyclic) bond motifs is 2. The van der Waals surface area contributed by atoms with Crippen LogP contribution in [0.25, 0.3) is 10.9 Å². The minimum atomic E-state index is -3.75. The van der Waals surface area contributed by atoms with Crippen molar-refractivity contribution in [3.63, 3.8) is 0 Å². The third-order valence-electron chi connectivity index (χ3n) is 6.86. The van der Waals surface area contributed by atoms with Gasteiger partial charge >= 0.3 is 5.92 Å². The van der Waals surface area contributed by atoms with Crippen LogP contribution in [0.4, 0.5) is 24.7 Å². The van der Waals surface area contributed by atoms with Crippen molar-refractivity contribution in [1.82, 2.24) is 9.97 Å². The van der Waals surface area contributed by atoms with E-state index in [4.69, 9.17) is 0 Å². The number of alkyl halides is 2. The van der Waals surface area contributed by atoms with Gasteiger partial charge in [-0.05, 0) is 77.3 Å². The Labute approximate surface area is 208 Å². The van der Waals surface area contributed by atoms with E-state index < -0.39 is 28.3 Å². The van der Waals surface area contributed by atoms with Gasteiger partial charge in [0.2, 0.25) is 5.91 Å². The first kappa shape index (κ1) is 25.9. The monoisotopic (exact) mass is 500 g/mol. The van der Waals surface area contributed by atoms with Gasteiger partial charge in [-0.25, -0.2) is 14.4 Å². The Balaban J connectivity index is 1.64. The van der Waals surface area contributed by atoms with Crippen LogP contribution in [0.5, 0.6) is 0 Å². The van der Waals surface area contributed by atoms with E-state index in [9.17, 15) is 18.7 Å². The SMILES string of the molecule is CCN1C(=O)C(C)(C)c2cc3nc(C)nc(NCCc4cccc(C(F)(F)C(C)(C)O)c4F)c3cc21. The average Bonchev–Trinajstić information content (AvgIpc) is 2.97. The van der Waals surface area contributed by atoms with Gasteiger partial charge in [0.15, 0.2) is 0 Å². The van der Waals surface area contributed by atoms with Gasteiger partial charge in [-0.3, -0.25) is 4.79 Å². The zero-order valence-electron chi connectivity index (χ0n) is 21.3. The molecule has 0 atom stereocenters. The summed E-state index contributed by atoms with van der Waals surface area (Å²) in [4.78, 5) is 23.7. The van der Waals surface area contributed by atoms with Gasteiger partial charge in [0.05, 0.1) is 16.5 Å². The van der Waals surface area contributed by atoms with Crippen LogP contribution in [0.3, 0.4) is 0 Å². The molecule has 0 fully saturated rings. The minimum Gasteiger partial charge on any atom is -0.384 e. The van der Waals surface area contributed by atoms with E-state index >= 15 is 4.39 Å². The Morgan fingerprint density at radius 3 is 2.50 bits per heavy atom. The Kier molecular flexibility index (Phi) is 6.27. The fourth-order valence-electron chi connectivity index (χ4n) is 4.68. The van der Waals surface area contributed by atoms with Crippen molar-refractivity contribution in [1.29, 1.82) is 0 Å². The summed E-state index contributed by atoms with van der Waals surface area (Å²) in [5.74, 6) is -3.72. The van der Waals surface area contributed by atoms with Gasteiger partial charge in [-0.2, -0.15) is 8.78 Å². The summed E-state index contributed by atoms with van der Waals surface area (Å²) < 4.78 is 44.2.